The molecule has 196 valence electrons. The maximum absolute atomic E-state index is 13.7. The Labute approximate surface area is 208 Å². The molecule has 2 amide bonds. The molecule has 1 N–H and O–H groups in total. The molecular weight excluding hydrogens is 496 g/mol. The summed E-state index contributed by atoms with van der Waals surface area (Å²) < 4.78 is 61.8. The first-order chi connectivity index (χ1) is 16.9. The molecule has 0 bridgehead atoms. The molecule has 1 aliphatic rings. The van der Waals surface area contributed by atoms with Crippen LogP contribution in [0.15, 0.2) is 42.6 Å². The van der Waals surface area contributed by atoms with E-state index in [0.29, 0.717) is 18.4 Å². The first-order valence-corrected chi connectivity index (χ1v) is 12.9. The molecule has 36 heavy (non-hydrogen) atoms. The van der Waals surface area contributed by atoms with Crippen molar-refractivity contribution in [2.24, 2.45) is 5.92 Å². The fourth-order valence-electron chi connectivity index (χ4n) is 4.27. The number of hydrogen-bond donors (Lipinski definition) is 1. The van der Waals surface area contributed by atoms with Gasteiger partial charge in [-0.2, -0.15) is 17.2 Å². The van der Waals surface area contributed by atoms with Gasteiger partial charge in [0.05, 0.1) is 6.04 Å². The molecule has 9 nitrogen and oxygen atoms in total. The van der Waals surface area contributed by atoms with E-state index in [4.69, 9.17) is 8.92 Å². The lowest BCUT2D eigenvalue weighted by atomic mass is 9.80. The highest BCUT2D eigenvalue weighted by Crippen LogP contribution is 2.46. The number of pyridine rings is 1. The van der Waals surface area contributed by atoms with Crippen LogP contribution < -0.4 is 14.4 Å². The van der Waals surface area contributed by atoms with Crippen molar-refractivity contribution >= 4 is 27.8 Å². The average molecular weight is 526 g/mol. The van der Waals surface area contributed by atoms with E-state index >= 15 is 0 Å². The molecule has 0 fully saturated rings. The smallest absolute Gasteiger partial charge is 0.407 e. The van der Waals surface area contributed by atoms with E-state index in [1.54, 1.807) is 12.1 Å². The van der Waals surface area contributed by atoms with Crippen molar-refractivity contribution in [1.29, 1.82) is 0 Å². The van der Waals surface area contributed by atoms with E-state index in [1.165, 1.54) is 24.1 Å². The Kier molecular flexibility index (Phi) is 8.17. The second kappa shape index (κ2) is 10.8. The standard InChI is InChI=1S/C24H29F2N3O6S/c1-5-9-19-15(2)20(28-23(31)34-14-17-10-7-6-8-11-17)18-12-13-27-22(21(18)29(19)16(3)30)35-36(32,33)24(4,25)26/h6-8,10-13,15,19-20H,5,9,14H2,1-4H3,(H,28,31)/t15?,19-,20?/m0/s1. The van der Waals surface area contributed by atoms with Gasteiger partial charge >= 0.3 is 21.5 Å². The third-order valence-corrected chi connectivity index (χ3v) is 7.25. The summed E-state index contributed by atoms with van der Waals surface area (Å²) in [5.41, 5.74) is 0.992. The summed E-state index contributed by atoms with van der Waals surface area (Å²) in [5.74, 6) is -1.46. The zero-order chi connectivity index (χ0) is 26.7. The second-order valence-electron chi connectivity index (χ2n) is 8.69. The minimum Gasteiger partial charge on any atom is -0.445 e. The summed E-state index contributed by atoms with van der Waals surface area (Å²) in [6.07, 6.45) is 1.58. The Morgan fingerprint density at radius 3 is 2.44 bits per heavy atom. The number of nitrogens with one attached hydrogen (secondary N) is 1. The number of nitrogens with zero attached hydrogens (tertiary/aromatic N) is 2. The van der Waals surface area contributed by atoms with Crippen molar-refractivity contribution < 1.29 is 35.7 Å². The van der Waals surface area contributed by atoms with Crippen LogP contribution in [0, 0.1) is 5.92 Å². The third kappa shape index (κ3) is 5.75. The number of carbonyl (C=O) groups is 2. The molecule has 1 aliphatic heterocycles. The zero-order valence-electron chi connectivity index (χ0n) is 20.4. The molecule has 0 saturated heterocycles. The molecular formula is C24H29F2N3O6S. The quantitative estimate of drug-likeness (QED) is 0.503. The van der Waals surface area contributed by atoms with Crippen LogP contribution in [0.2, 0.25) is 0 Å². The Morgan fingerprint density at radius 2 is 1.86 bits per heavy atom. The number of carbonyl (C=O) groups excluding carboxylic acids is 2. The van der Waals surface area contributed by atoms with Crippen molar-refractivity contribution in [3.8, 4) is 5.88 Å². The minimum absolute atomic E-state index is 0.0210. The van der Waals surface area contributed by atoms with Gasteiger partial charge in [-0.3, -0.25) is 4.79 Å². The van der Waals surface area contributed by atoms with Crippen molar-refractivity contribution in [2.45, 2.75) is 64.5 Å². The van der Waals surface area contributed by atoms with Crippen LogP contribution in [-0.4, -0.2) is 36.7 Å². The predicted octanol–water partition coefficient (Wildman–Crippen LogP) is 4.54. The molecule has 12 heteroatoms. The van der Waals surface area contributed by atoms with E-state index < -0.39 is 45.3 Å². The van der Waals surface area contributed by atoms with Gasteiger partial charge in [-0.25, -0.2) is 9.78 Å². The van der Waals surface area contributed by atoms with Gasteiger partial charge in [0.1, 0.15) is 12.3 Å². The largest absolute Gasteiger partial charge is 0.445 e. The average Bonchev–Trinajstić information content (AvgIpc) is 2.80. The number of halogens is 2. The number of benzene rings is 1. The van der Waals surface area contributed by atoms with Gasteiger partial charge in [-0.1, -0.05) is 50.6 Å². The third-order valence-electron chi connectivity index (χ3n) is 6.00. The number of hydrogen-bond acceptors (Lipinski definition) is 7. The first kappa shape index (κ1) is 27.3. The monoisotopic (exact) mass is 525 g/mol. The fraction of sp³-hybridized carbons (Fsp3) is 0.458. The van der Waals surface area contributed by atoms with Crippen LogP contribution in [0.5, 0.6) is 5.88 Å². The number of alkyl carbamates (subject to hydrolysis) is 1. The summed E-state index contributed by atoms with van der Waals surface area (Å²) in [7, 11) is -5.40. The summed E-state index contributed by atoms with van der Waals surface area (Å²) >= 11 is 0. The van der Waals surface area contributed by atoms with Gasteiger partial charge in [0.25, 0.3) is 5.88 Å². The van der Waals surface area contributed by atoms with Crippen LogP contribution in [0.4, 0.5) is 19.3 Å². The SMILES string of the molecule is CCC[C@H]1C(C)C(NC(=O)OCc2ccccc2)c2ccnc(OS(=O)(=O)C(C)(F)F)c2N1C(C)=O. The zero-order valence-corrected chi connectivity index (χ0v) is 21.2. The van der Waals surface area contributed by atoms with Gasteiger partial charge in [-0.15, -0.1) is 0 Å². The van der Waals surface area contributed by atoms with Gasteiger partial charge in [0.2, 0.25) is 5.91 Å². The van der Waals surface area contributed by atoms with Gasteiger partial charge in [0.15, 0.2) is 0 Å². The first-order valence-electron chi connectivity index (χ1n) is 11.4. The molecule has 3 atom stereocenters. The van der Waals surface area contributed by atoms with Crippen LogP contribution in [-0.2, 0) is 26.3 Å². The Hall–Kier alpha value is -3.28. The summed E-state index contributed by atoms with van der Waals surface area (Å²) in [4.78, 5) is 30.6. The van der Waals surface area contributed by atoms with Crippen LogP contribution in [0.1, 0.15) is 57.7 Å². The second-order valence-corrected chi connectivity index (χ2v) is 10.5. The van der Waals surface area contributed by atoms with Crippen molar-refractivity contribution in [3.05, 3.63) is 53.7 Å². The number of rotatable bonds is 8. The van der Waals surface area contributed by atoms with Gasteiger partial charge in [0, 0.05) is 37.6 Å². The number of alkyl halides is 2. The van der Waals surface area contributed by atoms with Crippen molar-refractivity contribution in [2.75, 3.05) is 4.90 Å². The highest BCUT2D eigenvalue weighted by Gasteiger charge is 2.46. The number of amides is 2. The van der Waals surface area contributed by atoms with E-state index in [0.717, 1.165) is 5.56 Å². The lowest BCUT2D eigenvalue weighted by Gasteiger charge is -2.45. The minimum atomic E-state index is -5.40. The lowest BCUT2D eigenvalue weighted by Crippen LogP contribution is -2.52. The molecule has 3 rings (SSSR count). The maximum atomic E-state index is 13.7. The number of fused-ring (bicyclic) bond motifs is 1. The highest BCUT2D eigenvalue weighted by atomic mass is 32.2. The summed E-state index contributed by atoms with van der Waals surface area (Å²) in [5, 5.41) is -1.42. The molecule has 2 heterocycles. The molecule has 2 aromatic rings. The molecule has 0 aliphatic carbocycles. The topological polar surface area (TPSA) is 115 Å². The van der Waals surface area contributed by atoms with E-state index in [1.807, 2.05) is 32.0 Å². The van der Waals surface area contributed by atoms with E-state index in [2.05, 4.69) is 10.3 Å². The summed E-state index contributed by atoms with van der Waals surface area (Å²) in [6.45, 7) is 5.22. The molecule has 0 radical (unpaired) electrons. The van der Waals surface area contributed by atoms with E-state index in [-0.39, 0.29) is 25.1 Å². The number of anilines is 1. The normalized spacial score (nSPS) is 19.8. The summed E-state index contributed by atoms with van der Waals surface area (Å²) in [6, 6.07) is 9.28. The van der Waals surface area contributed by atoms with Crippen LogP contribution in [0.25, 0.3) is 0 Å². The van der Waals surface area contributed by atoms with Gasteiger partial charge < -0.3 is 19.1 Å². The molecule has 0 spiro atoms. The van der Waals surface area contributed by atoms with Crippen molar-refractivity contribution in [1.82, 2.24) is 10.3 Å². The van der Waals surface area contributed by atoms with Crippen molar-refractivity contribution in [3.63, 3.8) is 0 Å². The molecule has 1 aromatic carbocycles. The Bertz CT molecular complexity index is 1200. The molecule has 1 aromatic heterocycles. The predicted molar refractivity (Wildman–Crippen MR) is 128 cm³/mol. The number of ether oxygens (including phenoxy) is 1. The van der Waals surface area contributed by atoms with Crippen LogP contribution in [0.3, 0.4) is 0 Å². The maximum Gasteiger partial charge on any atom is 0.407 e. The lowest BCUT2D eigenvalue weighted by molar-refractivity contribution is -0.117. The van der Waals surface area contributed by atoms with Crippen LogP contribution >= 0.6 is 0 Å². The highest BCUT2D eigenvalue weighted by molar-refractivity contribution is 7.88. The van der Waals surface area contributed by atoms with Gasteiger partial charge in [-0.05, 0) is 18.1 Å². The Balaban J connectivity index is 2.02. The molecule has 2 unspecified atom stereocenters. The van der Waals surface area contributed by atoms with E-state index in [9.17, 15) is 26.8 Å². The molecule has 0 saturated carbocycles. The Morgan fingerprint density at radius 1 is 1.19 bits per heavy atom. The number of aromatic nitrogens is 1. The fourth-order valence-corrected chi connectivity index (χ4v) is 4.74.